The van der Waals surface area contributed by atoms with Crippen LogP contribution in [-0.4, -0.2) is 13.2 Å². The molecule has 0 aliphatic rings. The Morgan fingerprint density at radius 1 is 0.895 bits per heavy atom. The van der Waals surface area contributed by atoms with E-state index in [4.69, 9.17) is 0 Å². The van der Waals surface area contributed by atoms with Gasteiger partial charge in [0.15, 0.2) is 9.84 Å². The van der Waals surface area contributed by atoms with Crippen LogP contribution in [0.4, 0.5) is 0 Å². The molecule has 0 aliphatic carbocycles. The molecule has 2 nitrogen and oxygen atoms in total. The molecule has 0 bridgehead atoms. The van der Waals surface area contributed by atoms with E-state index >= 15 is 0 Å². The zero-order chi connectivity index (χ0) is 14.9. The minimum atomic E-state index is -3.24. The Hall–Kier alpha value is -0.830. The highest BCUT2D eigenvalue weighted by molar-refractivity contribution is 7.92. The van der Waals surface area contributed by atoms with Gasteiger partial charge in [-0.15, -0.1) is 0 Å². The molecule has 3 heteroatoms. The van der Waals surface area contributed by atoms with Gasteiger partial charge in [-0.3, -0.25) is 0 Å². The van der Waals surface area contributed by atoms with Crippen LogP contribution in [0.25, 0.3) is 0 Å². The van der Waals surface area contributed by atoms with Gasteiger partial charge in [0.25, 0.3) is 0 Å². The van der Waals surface area contributed by atoms with Crippen molar-refractivity contribution in [1.29, 1.82) is 0 Å². The summed E-state index contributed by atoms with van der Waals surface area (Å²) in [6, 6.07) is 7.34. The molecule has 1 rings (SSSR count). The topological polar surface area (TPSA) is 34.1 Å². The van der Waals surface area contributed by atoms with Crippen LogP contribution in [0.15, 0.2) is 29.2 Å². The van der Waals surface area contributed by atoms with E-state index in [1.165, 1.54) is 5.56 Å². The van der Waals surface area contributed by atoms with E-state index in [1.54, 1.807) is 32.9 Å². The maximum Gasteiger partial charge on any atom is 0.183 e. The Morgan fingerprint density at radius 3 is 1.74 bits per heavy atom. The highest BCUT2D eigenvalue weighted by atomic mass is 32.2. The number of benzene rings is 1. The number of aryl methyl sites for hydroxylation is 1. The molecule has 0 saturated heterocycles. The fourth-order valence-corrected chi connectivity index (χ4v) is 2.91. The van der Waals surface area contributed by atoms with Crippen molar-refractivity contribution in [3.63, 3.8) is 0 Å². The van der Waals surface area contributed by atoms with Gasteiger partial charge >= 0.3 is 0 Å². The van der Waals surface area contributed by atoms with Crippen molar-refractivity contribution in [3.05, 3.63) is 29.8 Å². The first-order valence-corrected chi connectivity index (χ1v) is 8.25. The summed E-state index contributed by atoms with van der Waals surface area (Å²) in [5.74, 6) is 0. The van der Waals surface area contributed by atoms with Gasteiger partial charge in [-0.05, 0) is 56.7 Å². The van der Waals surface area contributed by atoms with Crippen LogP contribution in [0, 0.1) is 5.41 Å². The third kappa shape index (κ3) is 4.34. The van der Waals surface area contributed by atoms with Crippen molar-refractivity contribution in [2.45, 2.75) is 64.0 Å². The lowest BCUT2D eigenvalue weighted by Gasteiger charge is -2.20. The van der Waals surface area contributed by atoms with Gasteiger partial charge in [-0.2, -0.15) is 0 Å². The molecule has 108 valence electrons. The van der Waals surface area contributed by atoms with Crippen molar-refractivity contribution in [2.24, 2.45) is 5.41 Å². The Balaban J connectivity index is 2.89. The minimum Gasteiger partial charge on any atom is -0.223 e. The molecule has 1 aromatic carbocycles. The quantitative estimate of drug-likeness (QED) is 0.831. The van der Waals surface area contributed by atoms with E-state index in [1.807, 2.05) is 12.1 Å². The average molecular weight is 282 g/mol. The summed E-state index contributed by atoms with van der Waals surface area (Å²) in [5, 5.41) is 0. The fraction of sp³-hybridized carbons (Fsp3) is 0.625. The lowest BCUT2D eigenvalue weighted by molar-refractivity contribution is 0.378. The summed E-state index contributed by atoms with van der Waals surface area (Å²) in [4.78, 5) is 0.416. The average Bonchev–Trinajstić information content (AvgIpc) is 2.24. The van der Waals surface area contributed by atoms with Crippen LogP contribution in [0.3, 0.4) is 0 Å². The molecule has 0 aromatic heterocycles. The van der Waals surface area contributed by atoms with Crippen LogP contribution >= 0.6 is 0 Å². The van der Waals surface area contributed by atoms with E-state index in [0.29, 0.717) is 10.3 Å². The van der Waals surface area contributed by atoms with Gasteiger partial charge in [-0.25, -0.2) is 8.42 Å². The molecule has 0 fully saturated rings. The van der Waals surface area contributed by atoms with Crippen molar-refractivity contribution < 1.29 is 8.42 Å². The maximum absolute atomic E-state index is 12.3. The molecule has 0 amide bonds. The minimum absolute atomic E-state index is 0.302. The predicted molar refractivity (Wildman–Crippen MR) is 81.2 cm³/mol. The molecule has 0 saturated carbocycles. The van der Waals surface area contributed by atoms with E-state index in [2.05, 4.69) is 20.8 Å². The molecule has 19 heavy (non-hydrogen) atoms. The Labute approximate surface area is 118 Å². The number of hydrogen-bond donors (Lipinski definition) is 0. The van der Waals surface area contributed by atoms with Crippen molar-refractivity contribution in [3.8, 4) is 0 Å². The summed E-state index contributed by atoms with van der Waals surface area (Å²) < 4.78 is 23.8. The Bertz CT molecular complexity index is 511. The number of rotatable bonds is 3. The second kappa shape index (κ2) is 5.28. The van der Waals surface area contributed by atoms with Gasteiger partial charge in [-0.1, -0.05) is 32.9 Å². The van der Waals surface area contributed by atoms with Gasteiger partial charge in [0, 0.05) is 0 Å². The highest BCUT2D eigenvalue weighted by Gasteiger charge is 2.30. The number of hydrogen-bond acceptors (Lipinski definition) is 2. The van der Waals surface area contributed by atoms with E-state index < -0.39 is 14.6 Å². The van der Waals surface area contributed by atoms with Crippen LogP contribution in [-0.2, 0) is 16.3 Å². The monoisotopic (exact) mass is 282 g/mol. The van der Waals surface area contributed by atoms with Crippen LogP contribution in [0.2, 0.25) is 0 Å². The van der Waals surface area contributed by atoms with E-state index in [-0.39, 0.29) is 0 Å². The lowest BCUT2D eigenvalue weighted by atomic mass is 9.89. The van der Waals surface area contributed by atoms with Gasteiger partial charge in [0.2, 0.25) is 0 Å². The molecule has 0 aliphatic heterocycles. The molecule has 0 atom stereocenters. The molecule has 0 heterocycles. The standard InChI is InChI=1S/C16H26O2S/c1-15(2,3)12-11-13-7-9-14(10-8-13)19(17,18)16(4,5)6/h7-10H,11-12H2,1-6H3. The largest absolute Gasteiger partial charge is 0.223 e. The first-order chi connectivity index (χ1) is 8.43. The summed E-state index contributed by atoms with van der Waals surface area (Å²) in [7, 11) is -3.24. The van der Waals surface area contributed by atoms with Crippen LogP contribution in [0.5, 0.6) is 0 Å². The lowest BCUT2D eigenvalue weighted by Crippen LogP contribution is -2.27. The molecule has 0 unspecified atom stereocenters. The third-order valence-electron chi connectivity index (χ3n) is 3.20. The third-order valence-corrected chi connectivity index (χ3v) is 5.71. The maximum atomic E-state index is 12.3. The molecule has 0 N–H and O–H groups in total. The Morgan fingerprint density at radius 2 is 1.37 bits per heavy atom. The Kier molecular flexibility index (Phi) is 4.51. The number of sulfone groups is 1. The molecule has 1 aromatic rings. The SMILES string of the molecule is CC(C)(C)CCc1ccc(S(=O)(=O)C(C)(C)C)cc1. The van der Waals surface area contributed by atoms with Gasteiger partial charge in [0.05, 0.1) is 9.64 Å². The zero-order valence-corrected chi connectivity index (χ0v) is 13.8. The second-order valence-electron chi connectivity index (χ2n) is 7.32. The van der Waals surface area contributed by atoms with Crippen molar-refractivity contribution in [1.82, 2.24) is 0 Å². The van der Waals surface area contributed by atoms with Gasteiger partial charge < -0.3 is 0 Å². The molecular weight excluding hydrogens is 256 g/mol. The smallest absolute Gasteiger partial charge is 0.183 e. The molecular formula is C16H26O2S. The van der Waals surface area contributed by atoms with Crippen molar-refractivity contribution in [2.75, 3.05) is 0 Å². The second-order valence-corrected chi connectivity index (χ2v) is 10.0. The van der Waals surface area contributed by atoms with E-state index in [9.17, 15) is 8.42 Å². The summed E-state index contributed by atoms with van der Waals surface area (Å²) in [5.41, 5.74) is 1.50. The normalized spacial score (nSPS) is 13.6. The fourth-order valence-electron chi connectivity index (χ4n) is 1.71. The summed E-state index contributed by atoms with van der Waals surface area (Å²) >= 11 is 0. The summed E-state index contributed by atoms with van der Waals surface area (Å²) in [6.07, 6.45) is 2.08. The zero-order valence-electron chi connectivity index (χ0n) is 12.9. The van der Waals surface area contributed by atoms with Crippen LogP contribution in [0.1, 0.15) is 53.5 Å². The van der Waals surface area contributed by atoms with Crippen molar-refractivity contribution >= 4 is 9.84 Å². The van der Waals surface area contributed by atoms with Crippen LogP contribution < -0.4 is 0 Å². The van der Waals surface area contributed by atoms with E-state index in [0.717, 1.165) is 12.8 Å². The molecule has 0 radical (unpaired) electrons. The molecule has 0 spiro atoms. The first-order valence-electron chi connectivity index (χ1n) is 6.77. The summed E-state index contributed by atoms with van der Waals surface area (Å²) in [6.45, 7) is 11.8. The van der Waals surface area contributed by atoms with Gasteiger partial charge in [0.1, 0.15) is 0 Å². The predicted octanol–water partition coefficient (Wildman–Crippen LogP) is 4.24. The first kappa shape index (κ1) is 16.2. The highest BCUT2D eigenvalue weighted by Crippen LogP contribution is 2.26.